The van der Waals surface area contributed by atoms with Crippen molar-refractivity contribution in [3.63, 3.8) is 0 Å². The van der Waals surface area contributed by atoms with Gasteiger partial charge in [-0.15, -0.1) is 0 Å². The number of hydrogen-bond acceptors (Lipinski definition) is 5. The number of rotatable bonds is 6. The molecule has 0 atom stereocenters. The Morgan fingerprint density at radius 1 is 0.933 bits per heavy atom. The molecule has 0 fully saturated rings. The van der Waals surface area contributed by atoms with Crippen molar-refractivity contribution in [1.82, 2.24) is 0 Å². The van der Waals surface area contributed by atoms with Gasteiger partial charge in [-0.2, -0.15) is 0 Å². The van der Waals surface area contributed by atoms with Gasteiger partial charge >= 0.3 is 0 Å². The first kappa shape index (κ1) is 20.0. The summed E-state index contributed by atoms with van der Waals surface area (Å²) in [6.07, 6.45) is 3.13. The standard InChI is InChI=1S/C22H16ClNO5S/c23-17-5-9-19(10-6-17)30(26,27)24-18-7-3-16(4-8-18)20(25)11-1-15-2-12-21-22(13-15)29-14-28-21/h1-13,24H,14H2/b11-1+. The van der Waals surface area contributed by atoms with Crippen LogP contribution in [0.3, 0.4) is 0 Å². The number of benzene rings is 3. The van der Waals surface area contributed by atoms with Crippen LogP contribution in [0.1, 0.15) is 15.9 Å². The number of ketones is 1. The predicted molar refractivity (Wildman–Crippen MR) is 115 cm³/mol. The summed E-state index contributed by atoms with van der Waals surface area (Å²) in [5.74, 6) is 1.11. The first-order valence-corrected chi connectivity index (χ1v) is 10.8. The molecule has 152 valence electrons. The number of fused-ring (bicyclic) bond motifs is 1. The van der Waals surface area contributed by atoms with Crippen LogP contribution >= 0.6 is 11.6 Å². The Morgan fingerprint density at radius 2 is 1.63 bits per heavy atom. The number of carbonyl (C=O) groups is 1. The second-order valence-electron chi connectivity index (χ2n) is 6.45. The van der Waals surface area contributed by atoms with E-state index < -0.39 is 10.0 Å². The van der Waals surface area contributed by atoms with Crippen molar-refractivity contribution in [3.05, 3.63) is 89.0 Å². The van der Waals surface area contributed by atoms with E-state index in [1.54, 1.807) is 30.3 Å². The molecular formula is C22H16ClNO5S. The normalized spacial score (nSPS) is 12.8. The second kappa shape index (κ2) is 8.22. The number of hydrogen-bond donors (Lipinski definition) is 1. The molecule has 0 aliphatic carbocycles. The van der Waals surface area contributed by atoms with Gasteiger partial charge in [0.15, 0.2) is 17.3 Å². The molecule has 0 bridgehead atoms. The third-order valence-corrected chi connectivity index (χ3v) is 6.02. The second-order valence-corrected chi connectivity index (χ2v) is 8.57. The topological polar surface area (TPSA) is 81.7 Å². The van der Waals surface area contributed by atoms with E-state index in [4.69, 9.17) is 21.1 Å². The number of carbonyl (C=O) groups excluding carboxylic acids is 1. The van der Waals surface area contributed by atoms with Gasteiger partial charge in [-0.1, -0.05) is 23.7 Å². The monoisotopic (exact) mass is 441 g/mol. The van der Waals surface area contributed by atoms with Crippen LogP contribution in [0, 0.1) is 0 Å². The molecule has 0 saturated carbocycles. The largest absolute Gasteiger partial charge is 0.454 e. The summed E-state index contributed by atoms with van der Waals surface area (Å²) in [5.41, 5.74) is 1.59. The lowest BCUT2D eigenvalue weighted by Crippen LogP contribution is -2.12. The highest BCUT2D eigenvalue weighted by molar-refractivity contribution is 7.92. The van der Waals surface area contributed by atoms with E-state index in [9.17, 15) is 13.2 Å². The number of allylic oxidation sites excluding steroid dienone is 1. The molecule has 30 heavy (non-hydrogen) atoms. The molecule has 8 heteroatoms. The third-order valence-electron chi connectivity index (χ3n) is 4.37. The van der Waals surface area contributed by atoms with Crippen LogP contribution in [0.25, 0.3) is 6.08 Å². The lowest BCUT2D eigenvalue weighted by Gasteiger charge is -2.08. The number of sulfonamides is 1. The van der Waals surface area contributed by atoms with Crippen LogP contribution in [0.5, 0.6) is 11.5 Å². The van der Waals surface area contributed by atoms with Crippen molar-refractivity contribution in [1.29, 1.82) is 0 Å². The van der Waals surface area contributed by atoms with Gasteiger partial charge in [0.25, 0.3) is 10.0 Å². The van der Waals surface area contributed by atoms with E-state index in [0.717, 1.165) is 5.56 Å². The molecule has 0 radical (unpaired) electrons. The SMILES string of the molecule is O=C(/C=C/c1ccc2c(c1)OCO2)c1ccc(NS(=O)(=O)c2ccc(Cl)cc2)cc1. The summed E-state index contributed by atoms with van der Waals surface area (Å²) in [5, 5.41) is 0.450. The molecule has 4 rings (SSSR count). The Labute approximate surface area is 178 Å². The summed E-state index contributed by atoms with van der Waals surface area (Å²) < 4.78 is 37.9. The van der Waals surface area contributed by atoms with Crippen molar-refractivity contribution < 1.29 is 22.7 Å². The van der Waals surface area contributed by atoms with Crippen LogP contribution in [-0.4, -0.2) is 21.0 Å². The summed E-state index contributed by atoms with van der Waals surface area (Å²) in [6, 6.07) is 17.4. The van der Waals surface area contributed by atoms with Crippen molar-refractivity contribution >= 4 is 39.2 Å². The molecule has 1 N–H and O–H groups in total. The van der Waals surface area contributed by atoms with Gasteiger partial charge in [-0.05, 0) is 72.3 Å². The van der Waals surface area contributed by atoms with Gasteiger partial charge in [0.2, 0.25) is 6.79 Å². The van der Waals surface area contributed by atoms with Crippen LogP contribution in [0.2, 0.25) is 5.02 Å². The van der Waals surface area contributed by atoms with Gasteiger partial charge in [-0.3, -0.25) is 9.52 Å². The van der Waals surface area contributed by atoms with Crippen LogP contribution < -0.4 is 14.2 Å². The van der Waals surface area contributed by atoms with Crippen molar-refractivity contribution in [2.24, 2.45) is 0 Å². The first-order chi connectivity index (χ1) is 14.4. The zero-order chi connectivity index (χ0) is 21.1. The van der Waals surface area contributed by atoms with Gasteiger partial charge in [0.1, 0.15) is 0 Å². The number of ether oxygens (including phenoxy) is 2. The maximum Gasteiger partial charge on any atom is 0.261 e. The molecule has 0 spiro atoms. The van der Waals surface area contributed by atoms with E-state index in [1.165, 1.54) is 42.5 Å². The lowest BCUT2D eigenvalue weighted by atomic mass is 10.1. The minimum Gasteiger partial charge on any atom is -0.454 e. The fourth-order valence-corrected chi connectivity index (χ4v) is 4.00. The quantitative estimate of drug-likeness (QED) is 0.440. The minimum absolute atomic E-state index is 0.0960. The number of halogens is 1. The van der Waals surface area contributed by atoms with Crippen LogP contribution in [0.15, 0.2) is 77.7 Å². The van der Waals surface area contributed by atoms with Crippen LogP contribution in [0.4, 0.5) is 5.69 Å². The van der Waals surface area contributed by atoms with Gasteiger partial charge < -0.3 is 9.47 Å². The maximum absolute atomic E-state index is 12.4. The lowest BCUT2D eigenvalue weighted by molar-refractivity contribution is 0.104. The Kier molecular flexibility index (Phi) is 5.48. The van der Waals surface area contributed by atoms with E-state index in [1.807, 2.05) is 6.07 Å². The highest BCUT2D eigenvalue weighted by atomic mass is 35.5. The van der Waals surface area contributed by atoms with E-state index in [2.05, 4.69) is 4.72 Å². The summed E-state index contributed by atoms with van der Waals surface area (Å²) in [6.45, 7) is 0.190. The number of anilines is 1. The number of nitrogens with one attached hydrogen (secondary N) is 1. The molecule has 0 amide bonds. The summed E-state index contributed by atoms with van der Waals surface area (Å²) in [7, 11) is -3.74. The van der Waals surface area contributed by atoms with Crippen molar-refractivity contribution in [2.45, 2.75) is 4.90 Å². The zero-order valence-corrected chi connectivity index (χ0v) is 17.1. The average molecular weight is 442 g/mol. The first-order valence-electron chi connectivity index (χ1n) is 8.91. The molecular weight excluding hydrogens is 426 g/mol. The fourth-order valence-electron chi connectivity index (χ4n) is 2.82. The molecule has 1 aliphatic rings. The van der Waals surface area contributed by atoms with E-state index >= 15 is 0 Å². The molecule has 3 aromatic rings. The highest BCUT2D eigenvalue weighted by Gasteiger charge is 2.15. The third kappa shape index (κ3) is 4.48. The van der Waals surface area contributed by atoms with E-state index in [0.29, 0.717) is 27.8 Å². The van der Waals surface area contributed by atoms with Gasteiger partial charge in [0, 0.05) is 16.3 Å². The Hall–Kier alpha value is -3.29. The van der Waals surface area contributed by atoms with Crippen molar-refractivity contribution in [2.75, 3.05) is 11.5 Å². The van der Waals surface area contributed by atoms with Gasteiger partial charge in [-0.25, -0.2) is 8.42 Å². The Bertz CT molecular complexity index is 1220. The molecule has 1 aliphatic heterocycles. The van der Waals surface area contributed by atoms with Gasteiger partial charge in [0.05, 0.1) is 4.90 Å². The highest BCUT2D eigenvalue weighted by Crippen LogP contribution is 2.32. The summed E-state index contributed by atoms with van der Waals surface area (Å²) >= 11 is 5.79. The molecule has 3 aromatic carbocycles. The Morgan fingerprint density at radius 3 is 2.37 bits per heavy atom. The smallest absolute Gasteiger partial charge is 0.261 e. The molecule has 0 aromatic heterocycles. The van der Waals surface area contributed by atoms with Crippen molar-refractivity contribution in [3.8, 4) is 11.5 Å². The maximum atomic E-state index is 12.4. The van der Waals surface area contributed by atoms with Crippen LogP contribution in [-0.2, 0) is 10.0 Å². The minimum atomic E-state index is -3.74. The zero-order valence-electron chi connectivity index (χ0n) is 15.5. The fraction of sp³-hybridized carbons (Fsp3) is 0.0455. The summed E-state index contributed by atoms with van der Waals surface area (Å²) in [4.78, 5) is 12.5. The average Bonchev–Trinajstić information content (AvgIpc) is 3.20. The predicted octanol–water partition coefficient (Wildman–Crippen LogP) is 4.77. The molecule has 0 unspecified atom stereocenters. The molecule has 1 heterocycles. The molecule has 0 saturated heterocycles. The van der Waals surface area contributed by atoms with E-state index in [-0.39, 0.29) is 17.5 Å². The Balaban J connectivity index is 1.44. The molecule has 6 nitrogen and oxygen atoms in total.